The molecule has 6 heteroatoms. The summed E-state index contributed by atoms with van der Waals surface area (Å²) in [4.78, 5) is 20.8. The molecule has 0 spiro atoms. The smallest absolute Gasteiger partial charge is 0.267 e. The highest BCUT2D eigenvalue weighted by Gasteiger charge is 2.33. The number of thioether (sulfide) groups is 1. The number of hydrogen-bond acceptors (Lipinski definition) is 5. The van der Waals surface area contributed by atoms with Crippen molar-refractivity contribution < 1.29 is 4.74 Å². The first-order chi connectivity index (χ1) is 14.6. The van der Waals surface area contributed by atoms with Crippen molar-refractivity contribution in [1.29, 1.82) is 0 Å². The van der Waals surface area contributed by atoms with Crippen LogP contribution in [-0.4, -0.2) is 20.9 Å². The molecule has 0 bridgehead atoms. The van der Waals surface area contributed by atoms with Crippen LogP contribution in [0.4, 0.5) is 0 Å². The number of aromatic nitrogens is 2. The number of nitrogens with zero attached hydrogens (tertiary/aromatic N) is 2. The van der Waals surface area contributed by atoms with E-state index in [9.17, 15) is 4.79 Å². The SMILES string of the molecule is CCCCCCSc1nc2sc3c(c2c(=O)n1-c1ccccc1)C[C@](C)(CC)OC3. The molecule has 160 valence electrons. The molecular formula is C24H30N2O2S2. The number of fused-ring (bicyclic) bond motifs is 3. The van der Waals surface area contributed by atoms with Crippen LogP contribution in [0.3, 0.4) is 0 Å². The standard InChI is InChI=1S/C24H30N2O2S2/c1-4-6-7-11-14-29-23-25-21-20(22(27)26(23)17-12-9-8-10-13-17)18-15-24(3,5-2)28-16-19(18)30-21/h8-10,12-13H,4-7,11,14-16H2,1-3H3/t24-/m0/s1. The van der Waals surface area contributed by atoms with Crippen LogP contribution in [0.2, 0.25) is 0 Å². The zero-order chi connectivity index (χ0) is 21.1. The highest BCUT2D eigenvalue weighted by Crippen LogP contribution is 2.39. The number of hydrogen-bond donors (Lipinski definition) is 0. The van der Waals surface area contributed by atoms with E-state index in [-0.39, 0.29) is 11.2 Å². The van der Waals surface area contributed by atoms with Crippen molar-refractivity contribution in [1.82, 2.24) is 9.55 Å². The van der Waals surface area contributed by atoms with E-state index in [1.807, 2.05) is 34.9 Å². The Morgan fingerprint density at radius 2 is 2.00 bits per heavy atom. The van der Waals surface area contributed by atoms with Crippen LogP contribution >= 0.6 is 23.1 Å². The molecule has 0 unspecified atom stereocenters. The lowest BCUT2D eigenvalue weighted by Crippen LogP contribution is -2.34. The fourth-order valence-corrected chi connectivity index (χ4v) is 6.08. The fourth-order valence-electron chi connectivity index (χ4n) is 3.92. The molecule has 4 rings (SSSR count). The van der Waals surface area contributed by atoms with Crippen LogP contribution in [0, 0.1) is 0 Å². The molecular weight excluding hydrogens is 412 g/mol. The Bertz CT molecular complexity index is 1070. The second-order valence-corrected chi connectivity index (χ2v) is 10.4. The van der Waals surface area contributed by atoms with Gasteiger partial charge in [-0.15, -0.1) is 11.3 Å². The summed E-state index contributed by atoms with van der Waals surface area (Å²) in [5.41, 5.74) is 1.88. The molecule has 1 atom stereocenters. The van der Waals surface area contributed by atoms with Crippen LogP contribution in [0.25, 0.3) is 15.9 Å². The van der Waals surface area contributed by atoms with Crippen molar-refractivity contribution in [3.05, 3.63) is 51.1 Å². The van der Waals surface area contributed by atoms with Crippen molar-refractivity contribution in [3.8, 4) is 5.69 Å². The van der Waals surface area contributed by atoms with Crippen LogP contribution < -0.4 is 5.56 Å². The summed E-state index contributed by atoms with van der Waals surface area (Å²) in [6.45, 7) is 7.09. The second-order valence-electron chi connectivity index (χ2n) is 8.23. The average Bonchev–Trinajstić information content (AvgIpc) is 3.11. The van der Waals surface area contributed by atoms with Crippen LogP contribution in [-0.2, 0) is 17.8 Å². The lowest BCUT2D eigenvalue weighted by Gasteiger charge is -2.32. The minimum Gasteiger partial charge on any atom is -0.369 e. The maximum absolute atomic E-state index is 13.8. The zero-order valence-electron chi connectivity index (χ0n) is 18.1. The van der Waals surface area contributed by atoms with E-state index in [2.05, 4.69) is 20.8 Å². The third kappa shape index (κ3) is 4.23. The lowest BCUT2D eigenvalue weighted by atomic mass is 9.90. The van der Waals surface area contributed by atoms with Crippen molar-refractivity contribution in [2.75, 3.05) is 5.75 Å². The van der Waals surface area contributed by atoms with E-state index < -0.39 is 0 Å². The molecule has 0 radical (unpaired) electrons. The normalized spacial score (nSPS) is 18.6. The van der Waals surface area contributed by atoms with Crippen LogP contribution in [0.15, 0.2) is 40.3 Å². The van der Waals surface area contributed by atoms with E-state index in [1.54, 1.807) is 23.1 Å². The molecule has 0 saturated heterocycles. The molecule has 1 aliphatic rings. The number of ether oxygens (including phenoxy) is 1. The minimum absolute atomic E-state index is 0.0557. The number of rotatable bonds is 8. The average molecular weight is 443 g/mol. The highest BCUT2D eigenvalue weighted by molar-refractivity contribution is 7.99. The van der Waals surface area contributed by atoms with Gasteiger partial charge in [-0.3, -0.25) is 9.36 Å². The fraction of sp³-hybridized carbons (Fsp3) is 0.500. The van der Waals surface area contributed by atoms with Gasteiger partial charge in [-0.2, -0.15) is 0 Å². The number of para-hydroxylation sites is 1. The van der Waals surface area contributed by atoms with E-state index in [1.165, 1.54) is 19.3 Å². The maximum atomic E-state index is 13.8. The molecule has 1 aliphatic heterocycles. The molecule has 30 heavy (non-hydrogen) atoms. The Labute approximate surface area is 186 Å². The van der Waals surface area contributed by atoms with E-state index in [4.69, 9.17) is 9.72 Å². The van der Waals surface area contributed by atoms with E-state index in [0.717, 1.165) is 56.5 Å². The molecule has 3 heterocycles. The van der Waals surface area contributed by atoms with Crippen molar-refractivity contribution in [2.24, 2.45) is 0 Å². The number of benzene rings is 1. The van der Waals surface area contributed by atoms with Gasteiger partial charge in [-0.1, -0.05) is 63.1 Å². The van der Waals surface area contributed by atoms with Crippen molar-refractivity contribution in [3.63, 3.8) is 0 Å². The Morgan fingerprint density at radius 1 is 1.20 bits per heavy atom. The first-order valence-electron chi connectivity index (χ1n) is 11.0. The molecule has 0 N–H and O–H groups in total. The third-order valence-corrected chi connectivity index (χ3v) is 8.10. The third-order valence-electron chi connectivity index (χ3n) is 5.97. The van der Waals surface area contributed by atoms with E-state index >= 15 is 0 Å². The lowest BCUT2D eigenvalue weighted by molar-refractivity contribution is -0.0543. The summed E-state index contributed by atoms with van der Waals surface area (Å²) in [6.07, 6.45) is 6.55. The molecule has 1 aromatic carbocycles. The van der Waals surface area contributed by atoms with Gasteiger partial charge in [0.1, 0.15) is 4.83 Å². The van der Waals surface area contributed by atoms with Crippen molar-refractivity contribution in [2.45, 2.75) is 76.7 Å². The predicted octanol–water partition coefficient (Wildman–Crippen LogP) is 6.36. The Hall–Kier alpha value is -1.63. The summed E-state index contributed by atoms with van der Waals surface area (Å²) in [5.74, 6) is 0.979. The minimum atomic E-state index is -0.211. The highest BCUT2D eigenvalue weighted by atomic mass is 32.2. The summed E-state index contributed by atoms with van der Waals surface area (Å²) in [6, 6.07) is 9.93. The molecule has 4 nitrogen and oxygen atoms in total. The van der Waals surface area contributed by atoms with Gasteiger partial charge in [0.15, 0.2) is 5.16 Å². The maximum Gasteiger partial charge on any atom is 0.267 e. The predicted molar refractivity (Wildman–Crippen MR) is 127 cm³/mol. The molecule has 0 saturated carbocycles. The van der Waals surface area contributed by atoms with Gasteiger partial charge in [-0.25, -0.2) is 4.98 Å². The summed E-state index contributed by atoms with van der Waals surface area (Å²) in [7, 11) is 0. The first kappa shape index (κ1) is 21.6. The van der Waals surface area contributed by atoms with Gasteiger partial charge in [0.2, 0.25) is 0 Å². The van der Waals surface area contributed by atoms with Gasteiger partial charge >= 0.3 is 0 Å². The molecule has 0 fully saturated rings. The summed E-state index contributed by atoms with van der Waals surface area (Å²) in [5, 5.41) is 1.59. The molecule has 0 aliphatic carbocycles. The summed E-state index contributed by atoms with van der Waals surface area (Å²) >= 11 is 3.33. The van der Waals surface area contributed by atoms with Gasteiger partial charge in [-0.05, 0) is 37.5 Å². The molecule has 0 amide bonds. The molecule has 3 aromatic rings. The quantitative estimate of drug-likeness (QED) is 0.231. The van der Waals surface area contributed by atoms with Crippen LogP contribution in [0.5, 0.6) is 0 Å². The number of thiophene rings is 1. The Balaban J connectivity index is 1.80. The zero-order valence-corrected chi connectivity index (χ0v) is 19.7. The monoisotopic (exact) mass is 442 g/mol. The number of unbranched alkanes of at least 4 members (excludes halogenated alkanes) is 3. The largest absolute Gasteiger partial charge is 0.369 e. The first-order valence-corrected chi connectivity index (χ1v) is 12.8. The van der Waals surface area contributed by atoms with Gasteiger partial charge in [0.25, 0.3) is 5.56 Å². The Kier molecular flexibility index (Phi) is 6.66. The molecule has 2 aromatic heterocycles. The van der Waals surface area contributed by atoms with Gasteiger partial charge < -0.3 is 4.74 Å². The second kappa shape index (κ2) is 9.25. The summed E-state index contributed by atoms with van der Waals surface area (Å²) < 4.78 is 7.94. The van der Waals surface area contributed by atoms with E-state index in [0.29, 0.717) is 6.61 Å². The van der Waals surface area contributed by atoms with Crippen molar-refractivity contribution >= 4 is 33.3 Å². The Morgan fingerprint density at radius 3 is 2.73 bits per heavy atom. The topological polar surface area (TPSA) is 44.1 Å². The van der Waals surface area contributed by atoms with Gasteiger partial charge in [0.05, 0.1) is 23.3 Å². The van der Waals surface area contributed by atoms with Gasteiger partial charge in [0, 0.05) is 17.1 Å². The van der Waals surface area contributed by atoms with Crippen LogP contribution in [0.1, 0.15) is 63.3 Å².